The highest BCUT2D eigenvalue weighted by Crippen LogP contribution is 2.08. The summed E-state index contributed by atoms with van der Waals surface area (Å²) in [5.41, 5.74) is 6.70. The summed E-state index contributed by atoms with van der Waals surface area (Å²) in [5.74, 6) is 0.882. The van der Waals surface area contributed by atoms with Crippen molar-refractivity contribution in [2.75, 3.05) is 6.54 Å². The molecule has 1 aromatic rings. The lowest BCUT2D eigenvalue weighted by Crippen LogP contribution is -2.01. The summed E-state index contributed by atoms with van der Waals surface area (Å²) in [6.07, 6.45) is 4.63. The molecule has 1 aromatic heterocycles. The second-order valence-electron chi connectivity index (χ2n) is 2.38. The van der Waals surface area contributed by atoms with E-state index in [2.05, 4.69) is 6.92 Å². The van der Waals surface area contributed by atoms with E-state index in [1.807, 2.05) is 18.2 Å². The zero-order valence-electron chi connectivity index (χ0n) is 6.71. The normalized spacial score (nSPS) is 12.0. The molecule has 0 unspecified atom stereocenters. The van der Waals surface area contributed by atoms with Gasteiger partial charge in [0.1, 0.15) is 5.76 Å². The molecule has 0 spiro atoms. The van der Waals surface area contributed by atoms with Crippen molar-refractivity contribution < 1.29 is 4.42 Å². The van der Waals surface area contributed by atoms with Crippen LogP contribution in [0.5, 0.6) is 0 Å². The highest BCUT2D eigenvalue weighted by molar-refractivity contribution is 5.47. The number of rotatable bonds is 3. The molecule has 0 fully saturated rings. The van der Waals surface area contributed by atoms with E-state index in [0.29, 0.717) is 6.54 Å². The Kier molecular flexibility index (Phi) is 2.93. The van der Waals surface area contributed by atoms with Gasteiger partial charge in [0, 0.05) is 6.54 Å². The van der Waals surface area contributed by atoms with Crippen LogP contribution < -0.4 is 5.73 Å². The van der Waals surface area contributed by atoms with Crippen LogP contribution in [0.15, 0.2) is 28.4 Å². The molecule has 0 amide bonds. The van der Waals surface area contributed by atoms with Gasteiger partial charge in [-0.05, 0) is 24.6 Å². The van der Waals surface area contributed by atoms with Gasteiger partial charge in [-0.25, -0.2) is 0 Å². The average Bonchev–Trinajstić information content (AvgIpc) is 2.52. The fraction of sp³-hybridized carbons (Fsp3) is 0.333. The van der Waals surface area contributed by atoms with Gasteiger partial charge < -0.3 is 10.2 Å². The minimum Gasteiger partial charge on any atom is -0.465 e. The second kappa shape index (κ2) is 3.98. The van der Waals surface area contributed by atoms with Crippen LogP contribution in [-0.4, -0.2) is 6.54 Å². The summed E-state index contributed by atoms with van der Waals surface area (Å²) in [5, 5.41) is 0. The molecule has 0 aromatic carbocycles. The third-order valence-electron chi connectivity index (χ3n) is 1.61. The highest BCUT2D eigenvalue weighted by atomic mass is 16.3. The smallest absolute Gasteiger partial charge is 0.126 e. The lowest BCUT2D eigenvalue weighted by molar-refractivity contribution is 0.556. The summed E-state index contributed by atoms with van der Waals surface area (Å²) in [6.45, 7) is 2.69. The van der Waals surface area contributed by atoms with Crippen LogP contribution >= 0.6 is 0 Å². The van der Waals surface area contributed by atoms with Gasteiger partial charge in [-0.2, -0.15) is 0 Å². The van der Waals surface area contributed by atoms with Gasteiger partial charge in [0.2, 0.25) is 0 Å². The zero-order valence-corrected chi connectivity index (χ0v) is 6.71. The van der Waals surface area contributed by atoms with Crippen molar-refractivity contribution in [1.82, 2.24) is 0 Å². The molecular formula is C9H13NO. The molecule has 2 heteroatoms. The van der Waals surface area contributed by atoms with Crippen LogP contribution in [0.2, 0.25) is 0 Å². The fourth-order valence-corrected chi connectivity index (χ4v) is 0.880. The number of hydrogen-bond donors (Lipinski definition) is 1. The quantitative estimate of drug-likeness (QED) is 0.717. The molecule has 0 aliphatic carbocycles. The molecule has 2 nitrogen and oxygen atoms in total. The minimum atomic E-state index is 0.608. The van der Waals surface area contributed by atoms with Gasteiger partial charge in [-0.15, -0.1) is 0 Å². The number of furan rings is 1. The van der Waals surface area contributed by atoms with Crippen LogP contribution in [0.4, 0.5) is 0 Å². The van der Waals surface area contributed by atoms with Crippen LogP contribution in [0.25, 0.3) is 6.08 Å². The molecule has 60 valence electrons. The third-order valence-corrected chi connectivity index (χ3v) is 1.61. The molecule has 0 saturated carbocycles. The van der Waals surface area contributed by atoms with Crippen LogP contribution in [0, 0.1) is 0 Å². The Labute approximate surface area is 66.7 Å². The Balaban J connectivity index is 2.71. The predicted octanol–water partition coefficient (Wildman–Crippen LogP) is 2.03. The Morgan fingerprint density at radius 2 is 2.55 bits per heavy atom. The van der Waals surface area contributed by atoms with Crippen molar-refractivity contribution in [3.05, 3.63) is 29.7 Å². The topological polar surface area (TPSA) is 39.2 Å². The van der Waals surface area contributed by atoms with Crippen molar-refractivity contribution in [3.63, 3.8) is 0 Å². The second-order valence-corrected chi connectivity index (χ2v) is 2.38. The van der Waals surface area contributed by atoms with Crippen molar-refractivity contribution in [2.45, 2.75) is 13.3 Å². The maximum Gasteiger partial charge on any atom is 0.126 e. The van der Waals surface area contributed by atoms with Crippen LogP contribution in [0.3, 0.4) is 0 Å². The van der Waals surface area contributed by atoms with Gasteiger partial charge in [-0.1, -0.05) is 12.5 Å². The van der Waals surface area contributed by atoms with Crippen molar-refractivity contribution in [2.24, 2.45) is 5.73 Å². The van der Waals surface area contributed by atoms with Crippen molar-refractivity contribution in [1.29, 1.82) is 0 Å². The summed E-state index contributed by atoms with van der Waals surface area (Å²) in [6, 6.07) is 3.79. The lowest BCUT2D eigenvalue weighted by atomic mass is 10.2. The summed E-state index contributed by atoms with van der Waals surface area (Å²) < 4.78 is 5.14. The van der Waals surface area contributed by atoms with E-state index >= 15 is 0 Å². The third kappa shape index (κ3) is 2.24. The molecule has 1 heterocycles. The van der Waals surface area contributed by atoms with Gasteiger partial charge in [0.25, 0.3) is 0 Å². The predicted molar refractivity (Wildman–Crippen MR) is 46.0 cm³/mol. The van der Waals surface area contributed by atoms with Gasteiger partial charge in [-0.3, -0.25) is 0 Å². The molecule has 0 radical (unpaired) electrons. The lowest BCUT2D eigenvalue weighted by Gasteiger charge is -1.96. The first-order valence-corrected chi connectivity index (χ1v) is 3.79. The minimum absolute atomic E-state index is 0.608. The van der Waals surface area contributed by atoms with Gasteiger partial charge in [0.15, 0.2) is 0 Å². The molecule has 0 saturated heterocycles. The zero-order chi connectivity index (χ0) is 8.10. The van der Waals surface area contributed by atoms with E-state index in [9.17, 15) is 0 Å². The largest absolute Gasteiger partial charge is 0.465 e. The Hall–Kier alpha value is -1.02. The molecule has 0 aliphatic heterocycles. The summed E-state index contributed by atoms with van der Waals surface area (Å²) >= 11 is 0. The molecule has 0 bridgehead atoms. The van der Waals surface area contributed by atoms with Crippen molar-refractivity contribution in [3.8, 4) is 0 Å². The van der Waals surface area contributed by atoms with E-state index in [1.165, 1.54) is 5.57 Å². The Morgan fingerprint density at radius 1 is 1.73 bits per heavy atom. The molecule has 0 atom stereocenters. The standard InChI is InChI=1S/C9H13NO/c1-2-8(7-10)6-9-4-3-5-11-9/h3-6H,2,7,10H2,1H3. The number of nitrogens with two attached hydrogens (primary N) is 1. The first-order chi connectivity index (χ1) is 5.36. The first-order valence-electron chi connectivity index (χ1n) is 3.79. The van der Waals surface area contributed by atoms with Crippen LogP contribution in [0.1, 0.15) is 19.1 Å². The van der Waals surface area contributed by atoms with Gasteiger partial charge in [0.05, 0.1) is 6.26 Å². The fourth-order valence-electron chi connectivity index (χ4n) is 0.880. The molecular weight excluding hydrogens is 138 g/mol. The molecule has 0 aliphatic rings. The summed E-state index contributed by atoms with van der Waals surface area (Å²) in [7, 11) is 0. The SMILES string of the molecule is CCC(=Cc1ccco1)CN. The molecule has 11 heavy (non-hydrogen) atoms. The van der Waals surface area contributed by atoms with E-state index in [-0.39, 0.29) is 0 Å². The molecule has 2 N–H and O–H groups in total. The van der Waals surface area contributed by atoms with Crippen LogP contribution in [-0.2, 0) is 0 Å². The number of hydrogen-bond acceptors (Lipinski definition) is 2. The maximum absolute atomic E-state index is 5.49. The summed E-state index contributed by atoms with van der Waals surface area (Å²) in [4.78, 5) is 0. The van der Waals surface area contributed by atoms with Crippen molar-refractivity contribution >= 4 is 6.08 Å². The van der Waals surface area contributed by atoms with E-state index in [0.717, 1.165) is 12.2 Å². The molecule has 1 rings (SSSR count). The maximum atomic E-state index is 5.49. The first kappa shape index (κ1) is 8.08. The van der Waals surface area contributed by atoms with Gasteiger partial charge >= 0.3 is 0 Å². The van der Waals surface area contributed by atoms with E-state index in [4.69, 9.17) is 10.2 Å². The average molecular weight is 151 g/mol. The highest BCUT2D eigenvalue weighted by Gasteiger charge is 1.93. The van der Waals surface area contributed by atoms with E-state index < -0.39 is 0 Å². The Bertz CT molecular complexity index is 218. The monoisotopic (exact) mass is 151 g/mol. The van der Waals surface area contributed by atoms with E-state index in [1.54, 1.807) is 6.26 Å². The Morgan fingerprint density at radius 3 is 3.00 bits per heavy atom.